The SMILES string of the molecule is CCOc1cc(C(Nc2cccnc2)c2ccc3cccnc3c2O)ccc1O. The summed E-state index contributed by atoms with van der Waals surface area (Å²) in [4.78, 5) is 8.49. The first-order chi connectivity index (χ1) is 14.2. The Morgan fingerprint density at radius 1 is 1.03 bits per heavy atom. The van der Waals surface area contributed by atoms with Crippen molar-refractivity contribution in [2.24, 2.45) is 0 Å². The smallest absolute Gasteiger partial charge is 0.161 e. The molecule has 0 radical (unpaired) electrons. The summed E-state index contributed by atoms with van der Waals surface area (Å²) >= 11 is 0. The molecule has 0 amide bonds. The zero-order chi connectivity index (χ0) is 20.2. The summed E-state index contributed by atoms with van der Waals surface area (Å²) < 4.78 is 5.55. The maximum absolute atomic E-state index is 11.0. The van der Waals surface area contributed by atoms with Gasteiger partial charge < -0.3 is 20.3 Å². The number of aromatic nitrogens is 2. The van der Waals surface area contributed by atoms with Crippen LogP contribution in [-0.2, 0) is 0 Å². The van der Waals surface area contributed by atoms with Crippen molar-refractivity contribution in [1.82, 2.24) is 9.97 Å². The number of phenols is 2. The molecule has 0 fully saturated rings. The Hall–Kier alpha value is -3.80. The topological polar surface area (TPSA) is 87.5 Å². The number of rotatable bonds is 6. The molecule has 2 aromatic carbocycles. The zero-order valence-corrected chi connectivity index (χ0v) is 15.9. The molecule has 1 atom stereocenters. The van der Waals surface area contributed by atoms with Gasteiger partial charge >= 0.3 is 0 Å². The molecule has 0 saturated carbocycles. The molecule has 0 spiro atoms. The van der Waals surface area contributed by atoms with Gasteiger partial charge in [0.2, 0.25) is 0 Å². The summed E-state index contributed by atoms with van der Waals surface area (Å²) in [5, 5.41) is 25.4. The molecule has 6 nitrogen and oxygen atoms in total. The second kappa shape index (κ2) is 8.06. The van der Waals surface area contributed by atoms with E-state index in [0.29, 0.717) is 23.4 Å². The summed E-state index contributed by atoms with van der Waals surface area (Å²) in [6.07, 6.45) is 5.07. The number of nitrogens with one attached hydrogen (secondary N) is 1. The largest absolute Gasteiger partial charge is 0.505 e. The molecular weight excluding hydrogens is 366 g/mol. The first-order valence-electron chi connectivity index (χ1n) is 9.36. The third kappa shape index (κ3) is 3.78. The molecule has 0 aliphatic rings. The first-order valence-corrected chi connectivity index (χ1v) is 9.36. The Morgan fingerprint density at radius 3 is 2.69 bits per heavy atom. The summed E-state index contributed by atoms with van der Waals surface area (Å²) in [6.45, 7) is 2.29. The number of nitrogens with zero attached hydrogens (tertiary/aromatic N) is 2. The maximum Gasteiger partial charge on any atom is 0.161 e. The van der Waals surface area contributed by atoms with Gasteiger partial charge in [-0.05, 0) is 42.8 Å². The molecule has 4 rings (SSSR count). The van der Waals surface area contributed by atoms with Crippen molar-refractivity contribution in [3.63, 3.8) is 0 Å². The third-order valence-corrected chi connectivity index (χ3v) is 4.68. The van der Waals surface area contributed by atoms with Gasteiger partial charge in [-0.25, -0.2) is 0 Å². The Bertz CT molecular complexity index is 1130. The van der Waals surface area contributed by atoms with Gasteiger partial charge in [-0.2, -0.15) is 0 Å². The van der Waals surface area contributed by atoms with Gasteiger partial charge in [-0.1, -0.05) is 24.3 Å². The molecule has 2 heterocycles. The predicted octanol–water partition coefficient (Wildman–Crippen LogP) is 4.64. The maximum atomic E-state index is 11.0. The van der Waals surface area contributed by atoms with E-state index in [-0.39, 0.29) is 11.5 Å². The van der Waals surface area contributed by atoms with E-state index in [1.807, 2.05) is 43.3 Å². The monoisotopic (exact) mass is 387 g/mol. The van der Waals surface area contributed by atoms with Crippen LogP contribution >= 0.6 is 0 Å². The van der Waals surface area contributed by atoms with Crippen molar-refractivity contribution >= 4 is 16.6 Å². The summed E-state index contributed by atoms with van der Waals surface area (Å²) in [5.74, 6) is 0.567. The fourth-order valence-corrected chi connectivity index (χ4v) is 3.32. The van der Waals surface area contributed by atoms with Crippen LogP contribution < -0.4 is 10.1 Å². The van der Waals surface area contributed by atoms with Crippen molar-refractivity contribution in [2.75, 3.05) is 11.9 Å². The highest BCUT2D eigenvalue weighted by Crippen LogP contribution is 2.38. The van der Waals surface area contributed by atoms with Gasteiger partial charge in [0.15, 0.2) is 11.5 Å². The lowest BCUT2D eigenvalue weighted by molar-refractivity contribution is 0.317. The van der Waals surface area contributed by atoms with E-state index in [1.54, 1.807) is 36.8 Å². The average molecular weight is 387 g/mol. The number of benzene rings is 2. The summed E-state index contributed by atoms with van der Waals surface area (Å²) in [6, 6.07) is 16.0. The highest BCUT2D eigenvalue weighted by molar-refractivity contribution is 5.86. The number of anilines is 1. The Kier molecular flexibility index (Phi) is 5.16. The van der Waals surface area contributed by atoms with Gasteiger partial charge in [0, 0.05) is 29.5 Å². The van der Waals surface area contributed by atoms with Gasteiger partial charge in [0.05, 0.1) is 18.3 Å². The van der Waals surface area contributed by atoms with Crippen molar-refractivity contribution in [1.29, 1.82) is 0 Å². The fourth-order valence-electron chi connectivity index (χ4n) is 3.32. The van der Waals surface area contributed by atoms with Crippen LogP contribution in [0, 0.1) is 0 Å². The Morgan fingerprint density at radius 2 is 1.90 bits per heavy atom. The third-order valence-electron chi connectivity index (χ3n) is 4.68. The van der Waals surface area contributed by atoms with Crippen LogP contribution in [0.25, 0.3) is 10.9 Å². The van der Waals surface area contributed by atoms with Gasteiger partial charge in [0.1, 0.15) is 11.3 Å². The van der Waals surface area contributed by atoms with Crippen LogP contribution in [0.3, 0.4) is 0 Å². The van der Waals surface area contributed by atoms with Crippen LogP contribution in [0.15, 0.2) is 73.2 Å². The molecule has 0 aliphatic heterocycles. The van der Waals surface area contributed by atoms with Crippen LogP contribution in [0.1, 0.15) is 24.1 Å². The lowest BCUT2D eigenvalue weighted by Crippen LogP contribution is -2.13. The van der Waals surface area contributed by atoms with E-state index in [1.165, 1.54) is 0 Å². The van der Waals surface area contributed by atoms with Crippen LogP contribution in [0.4, 0.5) is 5.69 Å². The van der Waals surface area contributed by atoms with E-state index in [2.05, 4.69) is 15.3 Å². The van der Waals surface area contributed by atoms with Crippen LogP contribution in [0.5, 0.6) is 17.2 Å². The van der Waals surface area contributed by atoms with E-state index >= 15 is 0 Å². The molecular formula is C23H21N3O3. The van der Waals surface area contributed by atoms with E-state index in [4.69, 9.17) is 4.74 Å². The highest BCUT2D eigenvalue weighted by Gasteiger charge is 2.21. The molecule has 2 aromatic heterocycles. The number of hydrogen-bond acceptors (Lipinski definition) is 6. The zero-order valence-electron chi connectivity index (χ0n) is 15.9. The predicted molar refractivity (Wildman–Crippen MR) is 112 cm³/mol. The fraction of sp³-hybridized carbons (Fsp3) is 0.130. The van der Waals surface area contributed by atoms with E-state index in [9.17, 15) is 10.2 Å². The second-order valence-corrected chi connectivity index (χ2v) is 6.56. The lowest BCUT2D eigenvalue weighted by atomic mass is 9.95. The number of fused-ring (bicyclic) bond motifs is 1. The lowest BCUT2D eigenvalue weighted by Gasteiger charge is -2.23. The molecule has 0 saturated heterocycles. The van der Waals surface area contributed by atoms with Gasteiger partial charge in [0.25, 0.3) is 0 Å². The number of hydrogen-bond donors (Lipinski definition) is 3. The summed E-state index contributed by atoms with van der Waals surface area (Å²) in [5.41, 5.74) is 2.81. The first kappa shape index (κ1) is 18.6. The molecule has 146 valence electrons. The molecule has 29 heavy (non-hydrogen) atoms. The quantitative estimate of drug-likeness (QED) is 0.447. The van der Waals surface area contributed by atoms with Crippen LogP contribution in [0.2, 0.25) is 0 Å². The normalized spacial score (nSPS) is 11.9. The minimum absolute atomic E-state index is 0.0696. The minimum Gasteiger partial charge on any atom is -0.505 e. The molecule has 3 N–H and O–H groups in total. The summed E-state index contributed by atoms with van der Waals surface area (Å²) in [7, 11) is 0. The number of phenolic OH excluding ortho intramolecular Hbond substituents is 2. The van der Waals surface area contributed by atoms with E-state index in [0.717, 1.165) is 16.6 Å². The van der Waals surface area contributed by atoms with Crippen molar-refractivity contribution < 1.29 is 14.9 Å². The second-order valence-electron chi connectivity index (χ2n) is 6.56. The Labute approximate surface area is 168 Å². The van der Waals surface area contributed by atoms with Crippen molar-refractivity contribution in [2.45, 2.75) is 13.0 Å². The van der Waals surface area contributed by atoms with Crippen LogP contribution in [-0.4, -0.2) is 26.8 Å². The molecule has 6 heteroatoms. The molecule has 1 unspecified atom stereocenters. The minimum atomic E-state index is -0.412. The highest BCUT2D eigenvalue weighted by atomic mass is 16.5. The number of aromatic hydroxyl groups is 2. The van der Waals surface area contributed by atoms with Crippen molar-refractivity contribution in [3.8, 4) is 17.2 Å². The number of ether oxygens (including phenoxy) is 1. The average Bonchev–Trinajstić information content (AvgIpc) is 2.75. The molecule has 4 aromatic rings. The molecule has 0 bridgehead atoms. The standard InChI is InChI=1S/C23H21N3O3/c1-2-29-20-13-16(8-10-19(20)27)21(26-17-6-4-11-24-14-17)18-9-7-15-5-3-12-25-22(15)23(18)28/h3-14,21,26-28H,2H2,1H3. The molecule has 0 aliphatic carbocycles. The number of pyridine rings is 2. The van der Waals surface area contributed by atoms with E-state index < -0.39 is 6.04 Å². The van der Waals surface area contributed by atoms with Gasteiger partial charge in [-0.15, -0.1) is 0 Å². The van der Waals surface area contributed by atoms with Gasteiger partial charge in [-0.3, -0.25) is 9.97 Å². The Balaban J connectivity index is 1.85. The van der Waals surface area contributed by atoms with Crippen molar-refractivity contribution in [3.05, 3.63) is 84.3 Å².